The summed E-state index contributed by atoms with van der Waals surface area (Å²) in [5.41, 5.74) is 1.14. The van der Waals surface area contributed by atoms with Crippen LogP contribution < -0.4 is 14.8 Å². The third-order valence-corrected chi connectivity index (χ3v) is 3.98. The number of benzene rings is 2. The first kappa shape index (κ1) is 17.9. The Morgan fingerprint density at radius 3 is 2.74 bits per heavy atom. The van der Waals surface area contributed by atoms with Crippen LogP contribution in [0.25, 0.3) is 0 Å². The second-order valence-corrected chi connectivity index (χ2v) is 6.46. The van der Waals surface area contributed by atoms with Gasteiger partial charge in [-0.05, 0) is 59.3 Å². The molecule has 6 heteroatoms. The Morgan fingerprint density at radius 1 is 1.30 bits per heavy atom. The van der Waals surface area contributed by atoms with E-state index >= 15 is 0 Å². The average Bonchev–Trinajstić information content (AvgIpc) is 2.53. The van der Waals surface area contributed by atoms with E-state index in [0.29, 0.717) is 28.7 Å². The molecule has 23 heavy (non-hydrogen) atoms. The lowest BCUT2D eigenvalue weighted by Gasteiger charge is -2.14. The molecule has 0 radical (unpaired) electrons. The Bertz CT molecular complexity index is 706. The zero-order chi connectivity index (χ0) is 16.8. The standard InChI is InChI=1S/C17H17ClINO3/c1-3-7-23-16-14(18)8-11(9-15(16)22-2)17(21)20-13-6-4-5-12(19)10-13/h4-6,8-10H,3,7H2,1-2H3,(H,20,21). The van der Waals surface area contributed by atoms with Gasteiger partial charge in [-0.3, -0.25) is 4.79 Å². The summed E-state index contributed by atoms with van der Waals surface area (Å²) in [5.74, 6) is 0.648. The smallest absolute Gasteiger partial charge is 0.255 e. The second kappa shape index (κ2) is 8.40. The minimum atomic E-state index is -0.255. The summed E-state index contributed by atoms with van der Waals surface area (Å²) in [6, 6.07) is 10.8. The van der Waals surface area contributed by atoms with Gasteiger partial charge in [-0.15, -0.1) is 0 Å². The van der Waals surface area contributed by atoms with Crippen LogP contribution in [0.2, 0.25) is 5.02 Å². The number of methoxy groups -OCH3 is 1. The normalized spacial score (nSPS) is 10.3. The van der Waals surface area contributed by atoms with Crippen LogP contribution >= 0.6 is 34.2 Å². The number of halogens is 2. The zero-order valence-corrected chi connectivity index (χ0v) is 15.8. The summed E-state index contributed by atoms with van der Waals surface area (Å²) in [7, 11) is 1.52. The molecule has 0 saturated carbocycles. The van der Waals surface area contributed by atoms with Gasteiger partial charge in [0.25, 0.3) is 5.91 Å². The van der Waals surface area contributed by atoms with Gasteiger partial charge in [-0.2, -0.15) is 0 Å². The molecule has 2 aromatic rings. The maximum absolute atomic E-state index is 12.4. The van der Waals surface area contributed by atoms with E-state index in [-0.39, 0.29) is 5.91 Å². The monoisotopic (exact) mass is 445 g/mol. The van der Waals surface area contributed by atoms with E-state index in [1.54, 1.807) is 12.1 Å². The quantitative estimate of drug-likeness (QED) is 0.637. The lowest BCUT2D eigenvalue weighted by atomic mass is 10.1. The van der Waals surface area contributed by atoms with E-state index < -0.39 is 0 Å². The van der Waals surface area contributed by atoms with Gasteiger partial charge in [0.05, 0.1) is 18.7 Å². The number of amides is 1. The predicted molar refractivity (Wildman–Crippen MR) is 101 cm³/mol. The maximum atomic E-state index is 12.4. The number of hydrogen-bond donors (Lipinski definition) is 1. The van der Waals surface area contributed by atoms with E-state index in [1.165, 1.54) is 7.11 Å². The van der Waals surface area contributed by atoms with Gasteiger partial charge in [0.1, 0.15) is 0 Å². The highest BCUT2D eigenvalue weighted by Crippen LogP contribution is 2.36. The number of hydrogen-bond acceptors (Lipinski definition) is 3. The van der Waals surface area contributed by atoms with Crippen molar-refractivity contribution in [3.63, 3.8) is 0 Å². The summed E-state index contributed by atoms with van der Waals surface area (Å²) in [4.78, 5) is 12.4. The fourth-order valence-electron chi connectivity index (χ4n) is 1.96. The van der Waals surface area contributed by atoms with Crippen LogP contribution in [0.5, 0.6) is 11.5 Å². The summed E-state index contributed by atoms with van der Waals surface area (Å²) in [5, 5.41) is 3.19. The molecule has 4 nitrogen and oxygen atoms in total. The van der Waals surface area contributed by atoms with Crippen LogP contribution in [-0.4, -0.2) is 19.6 Å². The van der Waals surface area contributed by atoms with Gasteiger partial charge in [0.15, 0.2) is 11.5 Å². The Kier molecular flexibility index (Phi) is 6.53. The second-order valence-electron chi connectivity index (χ2n) is 4.80. The molecular formula is C17H17ClINO3. The van der Waals surface area contributed by atoms with Crippen molar-refractivity contribution < 1.29 is 14.3 Å². The Hall–Kier alpha value is -1.47. The number of rotatable bonds is 6. The molecule has 0 aromatic heterocycles. The number of carbonyl (C=O) groups excluding carboxylic acids is 1. The number of ether oxygens (including phenoxy) is 2. The molecule has 0 atom stereocenters. The largest absolute Gasteiger partial charge is 0.493 e. The number of nitrogens with one attached hydrogen (secondary N) is 1. The van der Waals surface area contributed by atoms with Crippen molar-refractivity contribution in [2.24, 2.45) is 0 Å². The van der Waals surface area contributed by atoms with E-state index in [1.807, 2.05) is 31.2 Å². The molecule has 0 fully saturated rings. The Morgan fingerprint density at radius 2 is 2.09 bits per heavy atom. The van der Waals surface area contributed by atoms with Gasteiger partial charge in [0.2, 0.25) is 0 Å². The molecule has 0 aliphatic carbocycles. The summed E-state index contributed by atoms with van der Waals surface area (Å²) in [6.07, 6.45) is 0.856. The molecular weight excluding hydrogens is 429 g/mol. The molecule has 122 valence electrons. The van der Waals surface area contributed by atoms with Crippen LogP contribution in [0, 0.1) is 3.57 Å². The molecule has 0 heterocycles. The molecule has 0 aliphatic heterocycles. The van der Waals surface area contributed by atoms with E-state index in [2.05, 4.69) is 27.9 Å². The number of carbonyl (C=O) groups is 1. The molecule has 0 aliphatic rings. The van der Waals surface area contributed by atoms with Gasteiger partial charge in [-0.1, -0.05) is 24.6 Å². The molecule has 2 rings (SSSR count). The van der Waals surface area contributed by atoms with E-state index in [4.69, 9.17) is 21.1 Å². The third-order valence-electron chi connectivity index (χ3n) is 3.02. The highest BCUT2D eigenvalue weighted by molar-refractivity contribution is 14.1. The van der Waals surface area contributed by atoms with E-state index in [0.717, 1.165) is 15.7 Å². The van der Waals surface area contributed by atoms with Gasteiger partial charge >= 0.3 is 0 Å². The SMILES string of the molecule is CCCOc1c(Cl)cc(C(=O)Nc2cccc(I)c2)cc1OC. The van der Waals surface area contributed by atoms with Crippen molar-refractivity contribution in [2.75, 3.05) is 19.0 Å². The van der Waals surface area contributed by atoms with Crippen molar-refractivity contribution in [2.45, 2.75) is 13.3 Å². The van der Waals surface area contributed by atoms with Crippen LogP contribution in [0.15, 0.2) is 36.4 Å². The maximum Gasteiger partial charge on any atom is 0.255 e. The highest BCUT2D eigenvalue weighted by Gasteiger charge is 2.16. The first-order valence-electron chi connectivity index (χ1n) is 7.12. The first-order valence-corrected chi connectivity index (χ1v) is 8.58. The minimum Gasteiger partial charge on any atom is -0.493 e. The van der Waals surface area contributed by atoms with Crippen molar-refractivity contribution in [3.8, 4) is 11.5 Å². The minimum absolute atomic E-state index is 0.255. The third kappa shape index (κ3) is 4.75. The van der Waals surface area contributed by atoms with Crippen molar-refractivity contribution in [1.82, 2.24) is 0 Å². The summed E-state index contributed by atoms with van der Waals surface area (Å²) >= 11 is 8.43. The van der Waals surface area contributed by atoms with Crippen molar-refractivity contribution >= 4 is 45.8 Å². The van der Waals surface area contributed by atoms with Gasteiger partial charge < -0.3 is 14.8 Å². The van der Waals surface area contributed by atoms with Crippen LogP contribution in [0.4, 0.5) is 5.69 Å². The highest BCUT2D eigenvalue weighted by atomic mass is 127. The Labute approximate surface area is 154 Å². The molecule has 1 amide bonds. The van der Waals surface area contributed by atoms with E-state index in [9.17, 15) is 4.79 Å². The molecule has 0 bridgehead atoms. The van der Waals surface area contributed by atoms with Gasteiger partial charge in [0, 0.05) is 14.8 Å². The molecule has 2 aromatic carbocycles. The van der Waals surface area contributed by atoms with Crippen LogP contribution in [0.1, 0.15) is 23.7 Å². The van der Waals surface area contributed by atoms with Crippen LogP contribution in [-0.2, 0) is 0 Å². The Balaban J connectivity index is 2.25. The molecule has 1 N–H and O–H groups in total. The number of anilines is 1. The summed E-state index contributed by atoms with van der Waals surface area (Å²) in [6.45, 7) is 2.54. The fraction of sp³-hybridized carbons (Fsp3) is 0.235. The average molecular weight is 446 g/mol. The van der Waals surface area contributed by atoms with Crippen LogP contribution in [0.3, 0.4) is 0 Å². The zero-order valence-electron chi connectivity index (χ0n) is 12.9. The molecule has 0 saturated heterocycles. The predicted octanol–water partition coefficient (Wildman–Crippen LogP) is 4.99. The van der Waals surface area contributed by atoms with Gasteiger partial charge in [-0.25, -0.2) is 0 Å². The topological polar surface area (TPSA) is 47.6 Å². The molecule has 0 spiro atoms. The van der Waals surface area contributed by atoms with Crippen molar-refractivity contribution in [3.05, 3.63) is 50.6 Å². The lowest BCUT2D eigenvalue weighted by molar-refractivity contribution is 0.102. The lowest BCUT2D eigenvalue weighted by Crippen LogP contribution is -2.12. The first-order chi connectivity index (χ1) is 11.0. The van der Waals surface area contributed by atoms with Crippen molar-refractivity contribution in [1.29, 1.82) is 0 Å². The summed E-state index contributed by atoms with van der Waals surface area (Å²) < 4.78 is 11.9. The fourth-order valence-corrected chi connectivity index (χ4v) is 2.77. The molecule has 0 unspecified atom stereocenters.